The molecule has 0 aromatic heterocycles. The molecule has 0 aliphatic carbocycles. The molecule has 0 atom stereocenters. The van der Waals surface area contributed by atoms with Gasteiger partial charge in [-0.2, -0.15) is 0 Å². The summed E-state index contributed by atoms with van der Waals surface area (Å²) < 4.78 is 6.76. The van der Waals surface area contributed by atoms with Gasteiger partial charge in [-0.1, -0.05) is 42.5 Å². The lowest BCUT2D eigenvalue weighted by atomic mass is 10.2. The number of rotatable bonds is 4. The van der Waals surface area contributed by atoms with Crippen molar-refractivity contribution in [2.75, 3.05) is 0 Å². The van der Waals surface area contributed by atoms with Crippen LogP contribution in [0.5, 0.6) is 5.75 Å². The first-order chi connectivity index (χ1) is 8.31. The highest BCUT2D eigenvalue weighted by Gasteiger charge is 2.06. The highest BCUT2D eigenvalue weighted by Crippen LogP contribution is 2.29. The summed E-state index contributed by atoms with van der Waals surface area (Å²) in [6, 6.07) is 16.0. The molecule has 0 saturated carbocycles. The van der Waals surface area contributed by atoms with E-state index in [-0.39, 0.29) is 0 Å². The zero-order valence-electron chi connectivity index (χ0n) is 9.40. The molecule has 2 aromatic carbocycles. The number of benzene rings is 2. The summed E-state index contributed by atoms with van der Waals surface area (Å²) >= 11 is 3.48. The molecular formula is C14H14BrNO. The summed E-state index contributed by atoms with van der Waals surface area (Å²) in [5.74, 6) is 0.832. The molecule has 2 aromatic rings. The van der Waals surface area contributed by atoms with Gasteiger partial charge in [-0.15, -0.1) is 0 Å². The predicted molar refractivity (Wildman–Crippen MR) is 72.8 cm³/mol. The molecule has 0 aliphatic rings. The Morgan fingerprint density at radius 3 is 2.47 bits per heavy atom. The van der Waals surface area contributed by atoms with Gasteiger partial charge in [-0.05, 0) is 27.6 Å². The quantitative estimate of drug-likeness (QED) is 0.936. The average Bonchev–Trinajstić information content (AvgIpc) is 2.38. The van der Waals surface area contributed by atoms with Crippen molar-refractivity contribution in [1.29, 1.82) is 0 Å². The minimum Gasteiger partial charge on any atom is -0.487 e. The first-order valence-electron chi connectivity index (χ1n) is 5.45. The topological polar surface area (TPSA) is 35.2 Å². The van der Waals surface area contributed by atoms with Crippen LogP contribution in [0.1, 0.15) is 11.1 Å². The van der Waals surface area contributed by atoms with E-state index in [4.69, 9.17) is 10.5 Å². The summed E-state index contributed by atoms with van der Waals surface area (Å²) in [4.78, 5) is 0. The van der Waals surface area contributed by atoms with Crippen molar-refractivity contribution < 1.29 is 4.74 Å². The zero-order chi connectivity index (χ0) is 12.1. The molecule has 0 heterocycles. The SMILES string of the molecule is NCc1cccc(Br)c1OCc1ccccc1. The molecule has 0 amide bonds. The summed E-state index contributed by atoms with van der Waals surface area (Å²) in [6.07, 6.45) is 0. The molecule has 2 rings (SSSR count). The van der Waals surface area contributed by atoms with Gasteiger partial charge in [-0.3, -0.25) is 0 Å². The molecule has 0 fully saturated rings. The Kier molecular flexibility index (Phi) is 4.18. The molecule has 0 radical (unpaired) electrons. The van der Waals surface area contributed by atoms with Crippen LogP contribution in [0.4, 0.5) is 0 Å². The van der Waals surface area contributed by atoms with E-state index in [0.29, 0.717) is 13.2 Å². The van der Waals surface area contributed by atoms with Gasteiger partial charge in [-0.25, -0.2) is 0 Å². The number of halogens is 1. The van der Waals surface area contributed by atoms with Gasteiger partial charge in [0.1, 0.15) is 12.4 Å². The number of nitrogens with two attached hydrogens (primary N) is 1. The Morgan fingerprint density at radius 2 is 1.76 bits per heavy atom. The Hall–Kier alpha value is -1.32. The van der Waals surface area contributed by atoms with E-state index in [0.717, 1.165) is 21.3 Å². The molecule has 88 valence electrons. The van der Waals surface area contributed by atoms with Crippen molar-refractivity contribution in [3.05, 3.63) is 64.1 Å². The monoisotopic (exact) mass is 291 g/mol. The Balaban J connectivity index is 2.14. The number of hydrogen-bond acceptors (Lipinski definition) is 2. The summed E-state index contributed by atoms with van der Waals surface area (Å²) in [5, 5.41) is 0. The number of para-hydroxylation sites is 1. The van der Waals surface area contributed by atoms with Crippen LogP contribution in [0, 0.1) is 0 Å². The Bertz CT molecular complexity index is 485. The number of ether oxygens (including phenoxy) is 1. The van der Waals surface area contributed by atoms with E-state index >= 15 is 0 Å². The highest BCUT2D eigenvalue weighted by atomic mass is 79.9. The van der Waals surface area contributed by atoms with Gasteiger partial charge in [0.25, 0.3) is 0 Å². The van der Waals surface area contributed by atoms with Crippen molar-refractivity contribution in [1.82, 2.24) is 0 Å². The van der Waals surface area contributed by atoms with Crippen LogP contribution in [-0.2, 0) is 13.2 Å². The summed E-state index contributed by atoms with van der Waals surface area (Å²) in [6.45, 7) is 1.03. The van der Waals surface area contributed by atoms with Crippen LogP contribution in [0.25, 0.3) is 0 Å². The second-order valence-electron chi connectivity index (χ2n) is 3.71. The second-order valence-corrected chi connectivity index (χ2v) is 4.56. The molecule has 0 spiro atoms. The van der Waals surface area contributed by atoms with Gasteiger partial charge in [0.2, 0.25) is 0 Å². The molecule has 2 N–H and O–H groups in total. The molecule has 2 nitrogen and oxygen atoms in total. The lowest BCUT2D eigenvalue weighted by molar-refractivity contribution is 0.301. The van der Waals surface area contributed by atoms with Gasteiger partial charge in [0, 0.05) is 12.1 Å². The van der Waals surface area contributed by atoms with Crippen LogP contribution in [0.2, 0.25) is 0 Å². The van der Waals surface area contributed by atoms with E-state index in [2.05, 4.69) is 15.9 Å². The first kappa shape index (κ1) is 12.1. The normalized spacial score (nSPS) is 10.2. The van der Waals surface area contributed by atoms with E-state index in [1.165, 1.54) is 0 Å². The number of hydrogen-bond donors (Lipinski definition) is 1. The molecule has 3 heteroatoms. The maximum absolute atomic E-state index is 5.82. The van der Waals surface area contributed by atoms with Crippen molar-refractivity contribution in [3.63, 3.8) is 0 Å². The molecule has 0 bridgehead atoms. The standard InChI is InChI=1S/C14H14BrNO/c15-13-8-4-7-12(9-16)14(13)17-10-11-5-2-1-3-6-11/h1-8H,9-10,16H2. The largest absolute Gasteiger partial charge is 0.487 e. The smallest absolute Gasteiger partial charge is 0.138 e. The van der Waals surface area contributed by atoms with Crippen LogP contribution in [0.15, 0.2) is 53.0 Å². The fourth-order valence-corrected chi connectivity index (χ4v) is 2.13. The first-order valence-corrected chi connectivity index (χ1v) is 6.24. The molecule has 0 saturated heterocycles. The van der Waals surface area contributed by atoms with Gasteiger partial charge < -0.3 is 10.5 Å². The molecule has 17 heavy (non-hydrogen) atoms. The van der Waals surface area contributed by atoms with E-state index in [1.54, 1.807) is 0 Å². The minimum absolute atomic E-state index is 0.476. The van der Waals surface area contributed by atoms with Crippen molar-refractivity contribution in [3.8, 4) is 5.75 Å². The predicted octanol–water partition coefficient (Wildman–Crippen LogP) is 3.49. The Labute approximate surface area is 110 Å². The summed E-state index contributed by atoms with van der Waals surface area (Å²) in [5.41, 5.74) is 7.84. The van der Waals surface area contributed by atoms with E-state index in [1.807, 2.05) is 48.5 Å². The molecular weight excluding hydrogens is 278 g/mol. The van der Waals surface area contributed by atoms with Crippen LogP contribution in [-0.4, -0.2) is 0 Å². The van der Waals surface area contributed by atoms with Crippen LogP contribution < -0.4 is 10.5 Å². The third-order valence-electron chi connectivity index (χ3n) is 2.49. The van der Waals surface area contributed by atoms with Crippen molar-refractivity contribution in [2.24, 2.45) is 5.73 Å². The van der Waals surface area contributed by atoms with Crippen molar-refractivity contribution in [2.45, 2.75) is 13.2 Å². The van der Waals surface area contributed by atoms with E-state index in [9.17, 15) is 0 Å². The van der Waals surface area contributed by atoms with E-state index < -0.39 is 0 Å². The average molecular weight is 292 g/mol. The third-order valence-corrected chi connectivity index (χ3v) is 3.12. The van der Waals surface area contributed by atoms with Crippen molar-refractivity contribution >= 4 is 15.9 Å². The fraction of sp³-hybridized carbons (Fsp3) is 0.143. The lowest BCUT2D eigenvalue weighted by Crippen LogP contribution is -2.03. The second kappa shape index (κ2) is 5.84. The Morgan fingerprint density at radius 1 is 1.00 bits per heavy atom. The maximum Gasteiger partial charge on any atom is 0.138 e. The van der Waals surface area contributed by atoms with Crippen LogP contribution in [0.3, 0.4) is 0 Å². The third kappa shape index (κ3) is 3.08. The van der Waals surface area contributed by atoms with Gasteiger partial charge in [0.05, 0.1) is 4.47 Å². The maximum atomic E-state index is 5.82. The van der Waals surface area contributed by atoms with Crippen LogP contribution >= 0.6 is 15.9 Å². The summed E-state index contributed by atoms with van der Waals surface area (Å²) in [7, 11) is 0. The van der Waals surface area contributed by atoms with Gasteiger partial charge >= 0.3 is 0 Å². The lowest BCUT2D eigenvalue weighted by Gasteiger charge is -2.12. The highest BCUT2D eigenvalue weighted by molar-refractivity contribution is 9.10. The minimum atomic E-state index is 0.476. The fourth-order valence-electron chi connectivity index (χ4n) is 1.61. The van der Waals surface area contributed by atoms with Gasteiger partial charge in [0.15, 0.2) is 0 Å². The zero-order valence-corrected chi connectivity index (χ0v) is 11.0. The molecule has 0 aliphatic heterocycles. The molecule has 0 unspecified atom stereocenters.